The summed E-state index contributed by atoms with van der Waals surface area (Å²) in [5.74, 6) is 0.312. The van der Waals surface area contributed by atoms with Gasteiger partial charge in [-0.3, -0.25) is 4.79 Å². The molecule has 0 heterocycles. The van der Waals surface area contributed by atoms with E-state index in [1.807, 2.05) is 24.3 Å². The van der Waals surface area contributed by atoms with Crippen molar-refractivity contribution in [3.63, 3.8) is 0 Å². The number of hydrogen-bond acceptors (Lipinski definition) is 3. The fraction of sp³-hybridized carbons (Fsp3) is 0.381. The van der Waals surface area contributed by atoms with Crippen molar-refractivity contribution in [3.05, 3.63) is 59.7 Å². The molecule has 2 unspecified atom stereocenters. The standard InChI is InChI=1S/C21H26O3/c1-3-5-19(15-7-11-17(22)12-8-15)21(24)20(6-4-2)16-9-13-18(23)14-10-16/h7-14,19-20,22-23H,3-6H2,1-2H3. The number of carbonyl (C=O) groups is 1. The molecule has 3 nitrogen and oxygen atoms in total. The lowest BCUT2D eigenvalue weighted by molar-refractivity contribution is -0.122. The minimum Gasteiger partial charge on any atom is -0.508 e. The molecule has 0 aliphatic rings. The summed E-state index contributed by atoms with van der Waals surface area (Å²) in [4.78, 5) is 13.3. The Morgan fingerprint density at radius 2 is 1.08 bits per heavy atom. The molecule has 0 saturated carbocycles. The minimum absolute atomic E-state index is 0.166. The summed E-state index contributed by atoms with van der Waals surface area (Å²) in [6, 6.07) is 13.9. The average Bonchev–Trinajstić information content (AvgIpc) is 2.59. The van der Waals surface area contributed by atoms with Crippen LogP contribution in [0.3, 0.4) is 0 Å². The third kappa shape index (κ3) is 4.38. The largest absolute Gasteiger partial charge is 0.508 e. The summed E-state index contributed by atoms with van der Waals surface area (Å²) in [6.07, 6.45) is 3.43. The van der Waals surface area contributed by atoms with E-state index >= 15 is 0 Å². The molecule has 0 saturated heterocycles. The van der Waals surface area contributed by atoms with Gasteiger partial charge in [0.25, 0.3) is 0 Å². The number of phenols is 2. The fourth-order valence-corrected chi connectivity index (χ4v) is 3.18. The number of rotatable bonds is 8. The van der Waals surface area contributed by atoms with Gasteiger partial charge in [0.1, 0.15) is 17.3 Å². The van der Waals surface area contributed by atoms with Gasteiger partial charge in [-0.05, 0) is 48.2 Å². The molecule has 2 aromatic carbocycles. The number of Topliss-reactive ketones (excluding diaryl/α,β-unsaturated/α-hetero) is 1. The molecule has 0 bridgehead atoms. The SMILES string of the molecule is CCCC(C(=O)C(CCC)c1ccc(O)cc1)c1ccc(O)cc1. The van der Waals surface area contributed by atoms with Crippen LogP contribution in [0.2, 0.25) is 0 Å². The molecular weight excluding hydrogens is 300 g/mol. The Morgan fingerprint density at radius 3 is 1.38 bits per heavy atom. The summed E-state index contributed by atoms with van der Waals surface area (Å²) >= 11 is 0. The van der Waals surface area contributed by atoms with Gasteiger partial charge in [-0.15, -0.1) is 0 Å². The van der Waals surface area contributed by atoms with Crippen LogP contribution in [0.15, 0.2) is 48.5 Å². The van der Waals surface area contributed by atoms with Crippen molar-refractivity contribution in [2.75, 3.05) is 0 Å². The Bertz CT molecular complexity index is 586. The van der Waals surface area contributed by atoms with E-state index in [9.17, 15) is 15.0 Å². The molecule has 0 amide bonds. The first-order valence-corrected chi connectivity index (χ1v) is 8.68. The number of carbonyl (C=O) groups excluding carboxylic acids is 1. The van der Waals surface area contributed by atoms with E-state index in [1.165, 1.54) is 0 Å². The van der Waals surface area contributed by atoms with Crippen LogP contribution in [0.1, 0.15) is 62.5 Å². The Balaban J connectivity index is 2.33. The molecule has 0 fully saturated rings. The second kappa shape index (κ2) is 8.53. The Labute approximate surface area is 144 Å². The van der Waals surface area contributed by atoms with Crippen LogP contribution < -0.4 is 0 Å². The van der Waals surface area contributed by atoms with E-state index in [4.69, 9.17) is 0 Å². The molecule has 2 atom stereocenters. The van der Waals surface area contributed by atoms with Gasteiger partial charge in [-0.1, -0.05) is 51.0 Å². The maximum atomic E-state index is 13.3. The van der Waals surface area contributed by atoms with Crippen LogP contribution in [0.4, 0.5) is 0 Å². The Morgan fingerprint density at radius 1 is 0.750 bits per heavy atom. The van der Waals surface area contributed by atoms with Crippen LogP contribution in [-0.2, 0) is 4.79 Å². The van der Waals surface area contributed by atoms with E-state index in [2.05, 4.69) is 13.8 Å². The van der Waals surface area contributed by atoms with Crippen LogP contribution in [-0.4, -0.2) is 16.0 Å². The highest BCUT2D eigenvalue weighted by Crippen LogP contribution is 2.33. The summed E-state index contributed by atoms with van der Waals surface area (Å²) in [7, 11) is 0. The van der Waals surface area contributed by atoms with Gasteiger partial charge < -0.3 is 10.2 Å². The lowest BCUT2D eigenvalue weighted by atomic mass is 9.79. The smallest absolute Gasteiger partial charge is 0.147 e. The highest BCUT2D eigenvalue weighted by atomic mass is 16.3. The predicted octanol–water partition coefficient (Wildman–Crippen LogP) is 5.13. The first kappa shape index (κ1) is 18.1. The lowest BCUT2D eigenvalue weighted by Gasteiger charge is -2.23. The molecule has 2 N–H and O–H groups in total. The number of hydrogen-bond donors (Lipinski definition) is 2. The van der Waals surface area contributed by atoms with Gasteiger partial charge in [0.05, 0.1) is 0 Å². The second-order valence-electron chi connectivity index (χ2n) is 6.27. The van der Waals surface area contributed by atoms with E-state index in [0.29, 0.717) is 0 Å². The van der Waals surface area contributed by atoms with Crippen LogP contribution in [0.5, 0.6) is 11.5 Å². The van der Waals surface area contributed by atoms with E-state index < -0.39 is 0 Å². The molecule has 3 heteroatoms. The van der Waals surface area contributed by atoms with Gasteiger partial charge >= 0.3 is 0 Å². The van der Waals surface area contributed by atoms with Crippen molar-refractivity contribution in [3.8, 4) is 11.5 Å². The van der Waals surface area contributed by atoms with Crippen LogP contribution in [0.25, 0.3) is 0 Å². The number of aromatic hydroxyl groups is 2. The normalized spacial score (nSPS) is 13.4. The van der Waals surface area contributed by atoms with Crippen LogP contribution >= 0.6 is 0 Å². The van der Waals surface area contributed by atoms with Gasteiger partial charge in [0.2, 0.25) is 0 Å². The van der Waals surface area contributed by atoms with Crippen molar-refractivity contribution in [2.24, 2.45) is 0 Å². The van der Waals surface area contributed by atoms with E-state index in [0.717, 1.165) is 36.8 Å². The van der Waals surface area contributed by atoms with Crippen molar-refractivity contribution in [1.82, 2.24) is 0 Å². The number of benzene rings is 2. The fourth-order valence-electron chi connectivity index (χ4n) is 3.18. The van der Waals surface area contributed by atoms with Crippen LogP contribution in [0, 0.1) is 0 Å². The van der Waals surface area contributed by atoms with Crippen molar-refractivity contribution in [2.45, 2.75) is 51.4 Å². The molecule has 2 aromatic rings. The monoisotopic (exact) mass is 326 g/mol. The Hall–Kier alpha value is -2.29. The second-order valence-corrected chi connectivity index (χ2v) is 6.27. The summed E-state index contributed by atoms with van der Waals surface area (Å²) in [5, 5.41) is 19.0. The van der Waals surface area contributed by atoms with E-state index in [-0.39, 0.29) is 29.1 Å². The summed E-state index contributed by atoms with van der Waals surface area (Å²) < 4.78 is 0. The van der Waals surface area contributed by atoms with Gasteiger partial charge in [0, 0.05) is 11.8 Å². The maximum Gasteiger partial charge on any atom is 0.147 e. The predicted molar refractivity (Wildman–Crippen MR) is 96.5 cm³/mol. The number of ketones is 1. The molecule has 0 aliphatic carbocycles. The lowest BCUT2D eigenvalue weighted by Crippen LogP contribution is -2.21. The zero-order valence-electron chi connectivity index (χ0n) is 14.4. The zero-order chi connectivity index (χ0) is 17.5. The van der Waals surface area contributed by atoms with Crippen molar-refractivity contribution >= 4 is 5.78 Å². The van der Waals surface area contributed by atoms with E-state index in [1.54, 1.807) is 24.3 Å². The van der Waals surface area contributed by atoms with Gasteiger partial charge in [-0.2, -0.15) is 0 Å². The summed E-state index contributed by atoms with van der Waals surface area (Å²) in [5.41, 5.74) is 1.92. The molecule has 2 rings (SSSR count). The number of phenolic OH excluding ortho intramolecular Hbond substituents is 2. The third-order valence-electron chi connectivity index (χ3n) is 4.43. The first-order chi connectivity index (χ1) is 11.6. The highest BCUT2D eigenvalue weighted by Gasteiger charge is 2.28. The summed E-state index contributed by atoms with van der Waals surface area (Å²) in [6.45, 7) is 4.16. The topological polar surface area (TPSA) is 57.5 Å². The molecular formula is C21H26O3. The third-order valence-corrected chi connectivity index (χ3v) is 4.43. The molecule has 0 aromatic heterocycles. The quantitative estimate of drug-likeness (QED) is 0.706. The van der Waals surface area contributed by atoms with Crippen molar-refractivity contribution < 1.29 is 15.0 Å². The maximum absolute atomic E-state index is 13.3. The minimum atomic E-state index is -0.166. The molecule has 0 aliphatic heterocycles. The van der Waals surface area contributed by atoms with Gasteiger partial charge in [-0.25, -0.2) is 0 Å². The molecule has 128 valence electrons. The average molecular weight is 326 g/mol. The molecule has 24 heavy (non-hydrogen) atoms. The van der Waals surface area contributed by atoms with Crippen molar-refractivity contribution in [1.29, 1.82) is 0 Å². The first-order valence-electron chi connectivity index (χ1n) is 8.68. The van der Waals surface area contributed by atoms with Gasteiger partial charge in [0.15, 0.2) is 0 Å². The zero-order valence-corrected chi connectivity index (χ0v) is 14.4. The molecule has 0 radical (unpaired) electrons. The molecule has 0 spiro atoms. The highest BCUT2D eigenvalue weighted by molar-refractivity contribution is 5.91. The Kier molecular flexibility index (Phi) is 6.42.